The van der Waals surface area contributed by atoms with Gasteiger partial charge in [-0.15, -0.1) is 0 Å². The lowest BCUT2D eigenvalue weighted by atomic mass is 10.1. The van der Waals surface area contributed by atoms with Crippen LogP contribution in [-0.4, -0.2) is 14.5 Å². The van der Waals surface area contributed by atoms with E-state index in [-0.39, 0.29) is 0 Å². The van der Waals surface area contributed by atoms with Crippen LogP contribution in [0.3, 0.4) is 0 Å². The van der Waals surface area contributed by atoms with Gasteiger partial charge in [0.1, 0.15) is 0 Å². The second-order valence-corrected chi connectivity index (χ2v) is 10.8. The Bertz CT molecular complexity index is 2170. The zero-order chi connectivity index (χ0) is 29.3. The van der Waals surface area contributed by atoms with E-state index in [1.54, 1.807) is 0 Å². The van der Waals surface area contributed by atoms with Gasteiger partial charge >= 0.3 is 0 Å². The van der Waals surface area contributed by atoms with Crippen molar-refractivity contribution in [1.29, 1.82) is 0 Å². The summed E-state index contributed by atoms with van der Waals surface area (Å²) in [7, 11) is 0. The fourth-order valence-corrected chi connectivity index (χ4v) is 6.01. The van der Waals surface area contributed by atoms with Gasteiger partial charge in [0.15, 0.2) is 0 Å². The van der Waals surface area contributed by atoms with Crippen molar-refractivity contribution in [2.45, 2.75) is 0 Å². The molecule has 0 radical (unpaired) electrons. The number of hydrogen-bond donors (Lipinski definition) is 0. The summed E-state index contributed by atoms with van der Waals surface area (Å²) >= 11 is 0. The molecule has 0 fully saturated rings. The zero-order valence-corrected chi connectivity index (χ0v) is 24.0. The lowest BCUT2D eigenvalue weighted by Gasteiger charge is -2.25. The van der Waals surface area contributed by atoms with Crippen LogP contribution in [0.25, 0.3) is 50.0 Å². The Morgan fingerprint density at radius 3 is 1.64 bits per heavy atom. The maximum atomic E-state index is 4.91. The van der Waals surface area contributed by atoms with E-state index in [2.05, 4.69) is 154 Å². The largest absolute Gasteiger partial charge is 0.310 e. The van der Waals surface area contributed by atoms with Crippen molar-refractivity contribution >= 4 is 38.9 Å². The van der Waals surface area contributed by atoms with Gasteiger partial charge in [0.2, 0.25) is 0 Å². The molecule has 0 aliphatic heterocycles. The SMILES string of the molecule is c1ccc(-c2cncc(-c3ccc(-n4c5ccccc5c5cc(N(c6ccccc6)c6ccccc6)ccc54)cc3)n2)cc1. The van der Waals surface area contributed by atoms with E-state index in [1.807, 2.05) is 30.6 Å². The van der Waals surface area contributed by atoms with Crippen molar-refractivity contribution in [3.63, 3.8) is 0 Å². The third kappa shape index (κ3) is 4.59. The minimum Gasteiger partial charge on any atom is -0.310 e. The first-order chi connectivity index (χ1) is 21.8. The Labute approximate surface area is 256 Å². The Kier molecular flexibility index (Phi) is 6.43. The van der Waals surface area contributed by atoms with Gasteiger partial charge in [-0.2, -0.15) is 0 Å². The molecule has 0 bridgehead atoms. The number of benzene rings is 6. The molecule has 8 aromatic rings. The molecule has 2 aromatic heterocycles. The molecule has 8 rings (SSSR count). The average Bonchev–Trinajstić information content (AvgIpc) is 3.44. The van der Waals surface area contributed by atoms with Gasteiger partial charge in [0.25, 0.3) is 0 Å². The summed E-state index contributed by atoms with van der Waals surface area (Å²) in [5, 5.41) is 2.43. The first kappa shape index (κ1) is 25.7. The summed E-state index contributed by atoms with van der Waals surface area (Å²) in [6.45, 7) is 0. The predicted molar refractivity (Wildman–Crippen MR) is 182 cm³/mol. The quantitative estimate of drug-likeness (QED) is 0.201. The van der Waals surface area contributed by atoms with E-state index in [0.29, 0.717) is 0 Å². The van der Waals surface area contributed by atoms with Crippen molar-refractivity contribution in [3.05, 3.63) is 170 Å². The van der Waals surface area contributed by atoms with Crippen LogP contribution in [0.5, 0.6) is 0 Å². The molecule has 0 saturated carbocycles. The average molecular weight is 565 g/mol. The molecular formula is C40H28N4. The van der Waals surface area contributed by atoms with E-state index < -0.39 is 0 Å². The smallest absolute Gasteiger partial charge is 0.0892 e. The standard InChI is InChI=1S/C40H28N4/c1-4-12-29(13-5-1)37-27-41-28-38(42-37)30-20-22-33(23-21-30)44-39-19-11-10-18-35(39)36-26-34(24-25-40(36)44)43(31-14-6-2-7-15-31)32-16-8-3-9-17-32/h1-28H. The molecule has 0 aliphatic carbocycles. The van der Waals surface area contributed by atoms with E-state index >= 15 is 0 Å². The number of rotatable bonds is 6. The second kappa shape index (κ2) is 11.0. The molecule has 0 saturated heterocycles. The number of nitrogens with zero attached hydrogens (tertiary/aromatic N) is 4. The van der Waals surface area contributed by atoms with Crippen LogP contribution in [0.1, 0.15) is 0 Å². The maximum absolute atomic E-state index is 4.91. The van der Waals surface area contributed by atoms with Gasteiger partial charge in [0.05, 0.1) is 34.8 Å². The lowest BCUT2D eigenvalue weighted by Crippen LogP contribution is -2.09. The first-order valence-electron chi connectivity index (χ1n) is 14.8. The van der Waals surface area contributed by atoms with Gasteiger partial charge < -0.3 is 9.47 Å². The number of fused-ring (bicyclic) bond motifs is 3. The van der Waals surface area contributed by atoms with Crippen molar-refractivity contribution < 1.29 is 0 Å². The predicted octanol–water partition coefficient (Wildman–Crippen LogP) is 10.4. The zero-order valence-electron chi connectivity index (χ0n) is 24.0. The van der Waals surface area contributed by atoms with E-state index in [0.717, 1.165) is 50.8 Å². The van der Waals surface area contributed by atoms with Gasteiger partial charge in [-0.1, -0.05) is 97.1 Å². The molecule has 6 aromatic carbocycles. The molecule has 4 nitrogen and oxygen atoms in total. The van der Waals surface area contributed by atoms with Crippen LogP contribution < -0.4 is 4.90 Å². The number of hydrogen-bond acceptors (Lipinski definition) is 3. The van der Waals surface area contributed by atoms with Crippen molar-refractivity contribution in [2.24, 2.45) is 0 Å². The molecule has 2 heterocycles. The fraction of sp³-hybridized carbons (Fsp3) is 0. The third-order valence-corrected chi connectivity index (χ3v) is 8.07. The fourth-order valence-electron chi connectivity index (χ4n) is 6.01. The Morgan fingerprint density at radius 1 is 0.432 bits per heavy atom. The van der Waals surface area contributed by atoms with Crippen LogP contribution in [0.2, 0.25) is 0 Å². The highest BCUT2D eigenvalue weighted by Gasteiger charge is 2.17. The summed E-state index contributed by atoms with van der Waals surface area (Å²) in [5.74, 6) is 0. The van der Waals surface area contributed by atoms with Gasteiger partial charge in [-0.3, -0.25) is 4.98 Å². The van der Waals surface area contributed by atoms with Crippen LogP contribution in [-0.2, 0) is 0 Å². The molecule has 0 spiro atoms. The van der Waals surface area contributed by atoms with E-state index in [9.17, 15) is 0 Å². The topological polar surface area (TPSA) is 34.0 Å². The molecule has 0 unspecified atom stereocenters. The summed E-state index contributed by atoms with van der Waals surface area (Å²) in [4.78, 5) is 11.7. The van der Waals surface area contributed by atoms with Crippen molar-refractivity contribution in [3.8, 4) is 28.2 Å². The van der Waals surface area contributed by atoms with Gasteiger partial charge in [0, 0.05) is 44.6 Å². The van der Waals surface area contributed by atoms with E-state index in [4.69, 9.17) is 4.98 Å². The minimum atomic E-state index is 0.853. The summed E-state index contributed by atoms with van der Waals surface area (Å²) in [6, 6.07) is 55.3. The van der Waals surface area contributed by atoms with Crippen molar-refractivity contribution in [2.75, 3.05) is 4.90 Å². The highest BCUT2D eigenvalue weighted by Crippen LogP contribution is 2.39. The third-order valence-electron chi connectivity index (χ3n) is 8.07. The molecular weight excluding hydrogens is 536 g/mol. The molecule has 0 aliphatic rings. The van der Waals surface area contributed by atoms with Gasteiger partial charge in [-0.05, 0) is 60.7 Å². The minimum absolute atomic E-state index is 0.853. The molecule has 208 valence electrons. The summed E-state index contributed by atoms with van der Waals surface area (Å²) in [5.41, 5.74) is 10.6. The molecule has 0 atom stereocenters. The highest BCUT2D eigenvalue weighted by molar-refractivity contribution is 6.10. The summed E-state index contributed by atoms with van der Waals surface area (Å²) < 4.78 is 2.35. The molecule has 4 heteroatoms. The summed E-state index contributed by atoms with van der Waals surface area (Å²) in [6.07, 6.45) is 3.64. The van der Waals surface area contributed by atoms with Crippen LogP contribution in [0.4, 0.5) is 17.1 Å². The molecule has 0 N–H and O–H groups in total. The second-order valence-electron chi connectivity index (χ2n) is 10.8. The number of anilines is 3. The highest BCUT2D eigenvalue weighted by atomic mass is 15.1. The number of aromatic nitrogens is 3. The van der Waals surface area contributed by atoms with Crippen LogP contribution in [0, 0.1) is 0 Å². The Hall–Kier alpha value is -6.00. The normalized spacial score (nSPS) is 11.2. The Morgan fingerprint density at radius 2 is 0.977 bits per heavy atom. The van der Waals surface area contributed by atoms with Gasteiger partial charge in [-0.25, -0.2) is 4.98 Å². The monoisotopic (exact) mass is 564 g/mol. The Balaban J connectivity index is 1.23. The first-order valence-corrected chi connectivity index (χ1v) is 14.8. The molecule has 0 amide bonds. The molecule has 44 heavy (non-hydrogen) atoms. The van der Waals surface area contributed by atoms with Crippen LogP contribution >= 0.6 is 0 Å². The lowest BCUT2D eigenvalue weighted by molar-refractivity contribution is 1.17. The number of para-hydroxylation sites is 3. The van der Waals surface area contributed by atoms with Crippen LogP contribution in [0.15, 0.2) is 170 Å². The van der Waals surface area contributed by atoms with Crippen molar-refractivity contribution in [1.82, 2.24) is 14.5 Å². The van der Waals surface area contributed by atoms with E-state index in [1.165, 1.54) is 16.3 Å². The maximum Gasteiger partial charge on any atom is 0.0892 e.